The number of methoxy groups -OCH3 is 1. The van der Waals surface area contributed by atoms with Gasteiger partial charge in [-0.1, -0.05) is 24.6 Å². The van der Waals surface area contributed by atoms with E-state index in [1.54, 1.807) is 20.2 Å². The second kappa shape index (κ2) is 7.08. The Morgan fingerprint density at radius 2 is 2.00 bits per heavy atom. The van der Waals surface area contributed by atoms with Gasteiger partial charge in [-0.3, -0.25) is 9.59 Å². The molecule has 6 heteroatoms. The molecule has 2 fully saturated rings. The van der Waals surface area contributed by atoms with E-state index in [0.717, 1.165) is 44.2 Å². The van der Waals surface area contributed by atoms with Crippen LogP contribution in [0.3, 0.4) is 0 Å². The van der Waals surface area contributed by atoms with E-state index in [1.807, 2.05) is 23.1 Å². The van der Waals surface area contributed by atoms with Crippen LogP contribution < -0.4 is 5.56 Å². The zero-order valence-corrected chi connectivity index (χ0v) is 16.1. The number of amides is 1. The molecule has 2 atom stereocenters. The Morgan fingerprint density at radius 1 is 1.26 bits per heavy atom. The van der Waals surface area contributed by atoms with E-state index in [1.165, 1.54) is 11.1 Å². The highest BCUT2D eigenvalue weighted by Gasteiger charge is 2.46. The van der Waals surface area contributed by atoms with Gasteiger partial charge in [-0.15, -0.1) is 0 Å². The molecule has 1 saturated heterocycles. The number of aryl methyl sites for hydroxylation is 1. The predicted molar refractivity (Wildman–Crippen MR) is 104 cm³/mol. The number of benzene rings is 1. The SMILES string of the molecule is CO[C@@H]1CCC[C@]12CCCN(C(=O)Cc1nn(C)c(=O)c3ccccc13)C2. The van der Waals surface area contributed by atoms with Crippen LogP contribution in [0.4, 0.5) is 0 Å². The van der Waals surface area contributed by atoms with E-state index in [-0.39, 0.29) is 29.4 Å². The van der Waals surface area contributed by atoms with Gasteiger partial charge in [0.2, 0.25) is 5.91 Å². The highest BCUT2D eigenvalue weighted by atomic mass is 16.5. The van der Waals surface area contributed by atoms with E-state index in [9.17, 15) is 9.59 Å². The lowest BCUT2D eigenvalue weighted by Crippen LogP contribution is -2.50. The van der Waals surface area contributed by atoms with Gasteiger partial charge in [-0.05, 0) is 31.7 Å². The van der Waals surface area contributed by atoms with Crippen LogP contribution in [0.2, 0.25) is 0 Å². The fraction of sp³-hybridized carbons (Fsp3) is 0.571. The standard InChI is InChI=1S/C21H27N3O3/c1-23-20(26)16-8-4-3-7-15(16)17(22-23)13-19(25)24-12-6-11-21(14-24)10-5-9-18(21)27-2/h3-4,7-8,18H,5-6,9-14H2,1-2H3/t18-,21-/m1/s1. The third-order valence-electron chi connectivity index (χ3n) is 6.42. The minimum atomic E-state index is -0.132. The molecule has 144 valence electrons. The highest BCUT2D eigenvalue weighted by molar-refractivity contribution is 5.88. The molecule has 1 aromatic heterocycles. The molecule has 0 radical (unpaired) electrons. The third-order valence-corrected chi connectivity index (χ3v) is 6.42. The van der Waals surface area contributed by atoms with Crippen LogP contribution in [0.15, 0.2) is 29.1 Å². The normalized spacial score (nSPS) is 25.4. The van der Waals surface area contributed by atoms with Crippen molar-refractivity contribution in [1.29, 1.82) is 0 Å². The Labute approximate surface area is 159 Å². The quantitative estimate of drug-likeness (QED) is 0.833. The first kappa shape index (κ1) is 18.2. The monoisotopic (exact) mass is 369 g/mol. The molecule has 1 amide bonds. The lowest BCUT2D eigenvalue weighted by atomic mass is 9.76. The number of piperidine rings is 1. The van der Waals surface area contributed by atoms with Gasteiger partial charge in [0.15, 0.2) is 0 Å². The number of hydrogen-bond acceptors (Lipinski definition) is 4. The summed E-state index contributed by atoms with van der Waals surface area (Å²) in [5.41, 5.74) is 0.654. The summed E-state index contributed by atoms with van der Waals surface area (Å²) >= 11 is 0. The molecule has 1 saturated carbocycles. The van der Waals surface area contributed by atoms with Gasteiger partial charge in [0.25, 0.3) is 5.56 Å². The molecule has 6 nitrogen and oxygen atoms in total. The lowest BCUT2D eigenvalue weighted by Gasteiger charge is -2.43. The molecule has 1 aromatic carbocycles. The van der Waals surface area contributed by atoms with Gasteiger partial charge in [0.05, 0.1) is 23.6 Å². The maximum Gasteiger partial charge on any atom is 0.274 e. The largest absolute Gasteiger partial charge is 0.381 e. The number of carbonyl (C=O) groups excluding carboxylic acids is 1. The predicted octanol–water partition coefficient (Wildman–Crippen LogP) is 2.28. The topological polar surface area (TPSA) is 64.4 Å². The first-order valence-electron chi connectivity index (χ1n) is 9.79. The van der Waals surface area contributed by atoms with Crippen molar-refractivity contribution >= 4 is 16.7 Å². The van der Waals surface area contributed by atoms with Crippen LogP contribution in [0, 0.1) is 5.41 Å². The van der Waals surface area contributed by atoms with Crippen molar-refractivity contribution in [3.63, 3.8) is 0 Å². The van der Waals surface area contributed by atoms with Crippen LogP contribution in [0.1, 0.15) is 37.8 Å². The second-order valence-electron chi connectivity index (χ2n) is 8.00. The van der Waals surface area contributed by atoms with Gasteiger partial charge < -0.3 is 9.64 Å². The van der Waals surface area contributed by atoms with Crippen molar-refractivity contribution in [1.82, 2.24) is 14.7 Å². The number of carbonyl (C=O) groups is 1. The van der Waals surface area contributed by atoms with Gasteiger partial charge >= 0.3 is 0 Å². The van der Waals surface area contributed by atoms with Gasteiger partial charge in [-0.2, -0.15) is 5.10 Å². The molecule has 2 aromatic rings. The molecule has 1 aliphatic heterocycles. The summed E-state index contributed by atoms with van der Waals surface area (Å²) in [6, 6.07) is 7.40. The van der Waals surface area contributed by atoms with Gasteiger partial charge in [0.1, 0.15) is 0 Å². The fourth-order valence-electron chi connectivity index (χ4n) is 5.08. The van der Waals surface area contributed by atoms with Crippen LogP contribution in [0.5, 0.6) is 0 Å². The number of hydrogen-bond donors (Lipinski definition) is 0. The number of likely N-dealkylation sites (tertiary alicyclic amines) is 1. The number of fused-ring (bicyclic) bond motifs is 1. The molecule has 2 heterocycles. The van der Waals surface area contributed by atoms with E-state index in [4.69, 9.17) is 4.74 Å². The minimum absolute atomic E-state index is 0.0899. The summed E-state index contributed by atoms with van der Waals surface area (Å²) in [5, 5.41) is 5.78. The summed E-state index contributed by atoms with van der Waals surface area (Å²) < 4.78 is 7.08. The van der Waals surface area contributed by atoms with E-state index < -0.39 is 0 Å². The first-order chi connectivity index (χ1) is 13.0. The zero-order chi connectivity index (χ0) is 19.0. The maximum atomic E-state index is 13.1. The Morgan fingerprint density at radius 3 is 2.78 bits per heavy atom. The van der Waals surface area contributed by atoms with Crippen molar-refractivity contribution in [2.24, 2.45) is 12.5 Å². The van der Waals surface area contributed by atoms with Crippen molar-refractivity contribution < 1.29 is 9.53 Å². The van der Waals surface area contributed by atoms with Crippen LogP contribution >= 0.6 is 0 Å². The molecule has 0 unspecified atom stereocenters. The smallest absolute Gasteiger partial charge is 0.274 e. The Bertz CT molecular complexity index is 923. The van der Waals surface area contributed by atoms with Crippen LogP contribution in [0.25, 0.3) is 10.8 Å². The van der Waals surface area contributed by atoms with Gasteiger partial charge in [0, 0.05) is 38.0 Å². The van der Waals surface area contributed by atoms with Crippen LogP contribution in [-0.2, 0) is 23.0 Å². The van der Waals surface area contributed by atoms with E-state index in [2.05, 4.69) is 5.10 Å². The third kappa shape index (κ3) is 3.16. The Balaban J connectivity index is 1.59. The van der Waals surface area contributed by atoms with Crippen molar-refractivity contribution in [3.8, 4) is 0 Å². The molecule has 0 N–H and O–H groups in total. The molecular formula is C21H27N3O3. The number of nitrogens with zero attached hydrogens (tertiary/aromatic N) is 3. The molecule has 2 aliphatic rings. The van der Waals surface area contributed by atoms with Crippen molar-refractivity contribution in [2.45, 2.75) is 44.6 Å². The zero-order valence-electron chi connectivity index (χ0n) is 16.1. The fourth-order valence-corrected chi connectivity index (χ4v) is 5.08. The summed E-state index contributed by atoms with van der Waals surface area (Å²) in [7, 11) is 3.43. The summed E-state index contributed by atoms with van der Waals surface area (Å²) in [4.78, 5) is 27.4. The second-order valence-corrected chi connectivity index (χ2v) is 8.00. The highest BCUT2D eigenvalue weighted by Crippen LogP contribution is 2.46. The number of rotatable bonds is 3. The van der Waals surface area contributed by atoms with Crippen molar-refractivity contribution in [3.05, 3.63) is 40.3 Å². The molecular weight excluding hydrogens is 342 g/mol. The maximum absolute atomic E-state index is 13.1. The van der Waals surface area contributed by atoms with Crippen molar-refractivity contribution in [2.75, 3.05) is 20.2 Å². The molecule has 4 rings (SSSR count). The average Bonchev–Trinajstić information content (AvgIpc) is 3.07. The van der Waals surface area contributed by atoms with E-state index >= 15 is 0 Å². The van der Waals surface area contributed by atoms with Crippen LogP contribution in [-0.4, -0.2) is 46.9 Å². The minimum Gasteiger partial charge on any atom is -0.381 e. The summed E-state index contributed by atoms with van der Waals surface area (Å²) in [6.45, 7) is 1.56. The molecule has 1 aliphatic carbocycles. The lowest BCUT2D eigenvalue weighted by molar-refractivity contribution is -0.136. The van der Waals surface area contributed by atoms with Gasteiger partial charge in [-0.25, -0.2) is 4.68 Å². The molecule has 27 heavy (non-hydrogen) atoms. The van der Waals surface area contributed by atoms with E-state index in [0.29, 0.717) is 11.1 Å². The first-order valence-corrected chi connectivity index (χ1v) is 9.79. The Hall–Kier alpha value is -2.21. The number of aromatic nitrogens is 2. The Kier molecular flexibility index (Phi) is 4.76. The molecule has 0 bridgehead atoms. The molecule has 1 spiro atoms. The summed E-state index contributed by atoms with van der Waals surface area (Å²) in [5.74, 6) is 0.0899. The average molecular weight is 369 g/mol. The summed E-state index contributed by atoms with van der Waals surface area (Å²) in [6.07, 6.45) is 6.03. The number of ether oxygens (including phenoxy) is 1.